The fraction of sp³-hybridized carbons (Fsp3) is 0. The molecule has 0 unspecified atom stereocenters. The molecule has 0 atom stereocenters. The number of hydrogen-bond donors (Lipinski definition) is 0. The Hall–Kier alpha value is -4.35. The van der Waals surface area contributed by atoms with Crippen LogP contribution in [0, 0.1) is 0 Å². The number of sulfone groups is 1. The van der Waals surface area contributed by atoms with E-state index in [1.807, 2.05) is 12.1 Å². The van der Waals surface area contributed by atoms with Gasteiger partial charge in [0.05, 0.1) is 0 Å². The second-order valence-electron chi connectivity index (χ2n) is 7.83. The first-order valence-electron chi connectivity index (χ1n) is 10.9. The van der Waals surface area contributed by atoms with Crippen LogP contribution in [0.25, 0.3) is 12.2 Å². The van der Waals surface area contributed by atoms with E-state index in [-0.39, 0.29) is 11.6 Å². The molecule has 0 heterocycles. The second kappa shape index (κ2) is 10.7. The van der Waals surface area contributed by atoms with Gasteiger partial charge in [0, 0.05) is 33.1 Å². The van der Waals surface area contributed by atoms with E-state index in [1.54, 1.807) is 97.1 Å². The van der Waals surface area contributed by atoms with Crippen molar-refractivity contribution in [3.05, 3.63) is 153 Å². The molecule has 172 valence electrons. The fourth-order valence-electron chi connectivity index (χ4n) is 3.40. The lowest BCUT2D eigenvalue weighted by atomic mass is 10.0. The molecule has 4 nitrogen and oxygen atoms in total. The highest BCUT2D eigenvalue weighted by Crippen LogP contribution is 2.15. The third kappa shape index (κ3) is 6.37. The summed E-state index contributed by atoms with van der Waals surface area (Å²) >= 11 is 0. The summed E-state index contributed by atoms with van der Waals surface area (Å²) in [5.74, 6) is -0.179. The molecule has 0 aromatic heterocycles. The Balaban J connectivity index is 1.40. The molecular formula is C30H22O4S. The van der Waals surface area contributed by atoms with Crippen LogP contribution < -0.4 is 0 Å². The van der Waals surface area contributed by atoms with E-state index in [9.17, 15) is 18.0 Å². The normalized spacial score (nSPS) is 11.7. The van der Waals surface area contributed by atoms with Crippen molar-refractivity contribution in [2.75, 3.05) is 0 Å². The van der Waals surface area contributed by atoms with Crippen molar-refractivity contribution in [3.8, 4) is 0 Å². The average molecular weight is 479 g/mol. The molecule has 0 aliphatic carbocycles. The van der Waals surface area contributed by atoms with Gasteiger partial charge in [-0.1, -0.05) is 109 Å². The highest BCUT2D eigenvalue weighted by atomic mass is 32.2. The van der Waals surface area contributed by atoms with Crippen molar-refractivity contribution in [1.82, 2.24) is 0 Å². The molecule has 4 aromatic carbocycles. The molecule has 0 radical (unpaired) electrons. The Morgan fingerprint density at radius 3 is 1.11 bits per heavy atom. The number of carbonyl (C=O) groups excluding carboxylic acids is 2. The van der Waals surface area contributed by atoms with Crippen LogP contribution in [-0.2, 0) is 9.84 Å². The molecule has 35 heavy (non-hydrogen) atoms. The van der Waals surface area contributed by atoms with Gasteiger partial charge in [0.15, 0.2) is 21.4 Å². The van der Waals surface area contributed by atoms with E-state index in [2.05, 4.69) is 0 Å². The van der Waals surface area contributed by atoms with E-state index >= 15 is 0 Å². The quantitative estimate of drug-likeness (QED) is 0.283. The smallest absolute Gasteiger partial charge is 0.193 e. The van der Waals surface area contributed by atoms with Crippen molar-refractivity contribution >= 4 is 33.6 Å². The molecular weight excluding hydrogens is 456 g/mol. The molecule has 5 heteroatoms. The van der Waals surface area contributed by atoms with E-state index in [4.69, 9.17) is 0 Å². The summed E-state index contributed by atoms with van der Waals surface area (Å²) < 4.78 is 24.8. The first-order chi connectivity index (χ1) is 16.9. The number of benzene rings is 4. The molecule has 0 saturated carbocycles. The first-order valence-corrected chi connectivity index (χ1v) is 12.5. The molecule has 4 aromatic rings. The minimum atomic E-state index is -3.61. The number of ketones is 2. The van der Waals surface area contributed by atoms with E-state index in [0.717, 1.165) is 10.8 Å². The molecule has 0 amide bonds. The van der Waals surface area contributed by atoms with Crippen LogP contribution in [0.1, 0.15) is 43.0 Å². The highest BCUT2D eigenvalue weighted by Gasteiger charge is 2.09. The number of hydrogen-bond acceptors (Lipinski definition) is 4. The lowest BCUT2D eigenvalue weighted by Crippen LogP contribution is -2.00. The molecule has 4 rings (SSSR count). The van der Waals surface area contributed by atoms with Crippen LogP contribution in [0.4, 0.5) is 0 Å². The molecule has 0 saturated heterocycles. The fourth-order valence-corrected chi connectivity index (χ4v) is 4.18. The van der Waals surface area contributed by atoms with Gasteiger partial charge in [0.2, 0.25) is 0 Å². The van der Waals surface area contributed by atoms with Gasteiger partial charge in [0.25, 0.3) is 0 Å². The third-order valence-electron chi connectivity index (χ3n) is 5.32. The summed E-state index contributed by atoms with van der Waals surface area (Å²) in [6.07, 6.45) is 2.97. The first kappa shape index (κ1) is 23.8. The zero-order valence-electron chi connectivity index (χ0n) is 18.7. The van der Waals surface area contributed by atoms with Crippen LogP contribution in [0.15, 0.2) is 120 Å². The molecule has 0 aliphatic rings. The maximum Gasteiger partial charge on any atom is 0.193 e. The van der Waals surface area contributed by atoms with Crippen LogP contribution in [-0.4, -0.2) is 20.0 Å². The van der Waals surface area contributed by atoms with Gasteiger partial charge in [0.1, 0.15) is 0 Å². The zero-order chi connectivity index (χ0) is 24.7. The van der Waals surface area contributed by atoms with Gasteiger partial charge < -0.3 is 0 Å². The van der Waals surface area contributed by atoms with Crippen LogP contribution in [0.5, 0.6) is 0 Å². The van der Waals surface area contributed by atoms with Gasteiger partial charge in [-0.05, 0) is 23.3 Å². The Kier molecular flexibility index (Phi) is 7.29. The highest BCUT2D eigenvalue weighted by molar-refractivity contribution is 7.97. The van der Waals surface area contributed by atoms with E-state index in [0.29, 0.717) is 33.4 Å². The minimum Gasteiger partial charge on any atom is -0.289 e. The summed E-state index contributed by atoms with van der Waals surface area (Å²) in [4.78, 5) is 25.0. The van der Waals surface area contributed by atoms with E-state index in [1.165, 1.54) is 12.2 Å². The van der Waals surface area contributed by atoms with Gasteiger partial charge in [-0.2, -0.15) is 0 Å². The number of carbonyl (C=O) groups is 2. The van der Waals surface area contributed by atoms with Gasteiger partial charge in [-0.3, -0.25) is 9.59 Å². The lowest BCUT2D eigenvalue weighted by Gasteiger charge is -2.02. The predicted molar refractivity (Wildman–Crippen MR) is 140 cm³/mol. The topological polar surface area (TPSA) is 68.3 Å². The average Bonchev–Trinajstić information content (AvgIpc) is 2.92. The van der Waals surface area contributed by atoms with Crippen molar-refractivity contribution in [2.45, 2.75) is 0 Å². The van der Waals surface area contributed by atoms with E-state index < -0.39 is 9.84 Å². The Bertz CT molecular complexity index is 1370. The maximum atomic E-state index is 12.5. The Morgan fingerprint density at radius 1 is 0.457 bits per heavy atom. The molecule has 0 spiro atoms. The second-order valence-corrected chi connectivity index (χ2v) is 9.55. The monoisotopic (exact) mass is 478 g/mol. The largest absolute Gasteiger partial charge is 0.289 e. The standard InChI is InChI=1S/C30H22O4S/c31-29(25-7-3-1-4-8-25)27-15-11-23(12-16-27)19-21-35(33,34)22-20-24-13-17-28(18-14-24)30(32)26-9-5-2-6-10-26/h1-22H. The van der Waals surface area contributed by atoms with Crippen molar-refractivity contribution < 1.29 is 18.0 Å². The summed E-state index contributed by atoms with van der Waals surface area (Å²) in [5, 5.41) is 2.23. The summed E-state index contributed by atoms with van der Waals surface area (Å²) in [5.41, 5.74) is 3.59. The van der Waals surface area contributed by atoms with Crippen molar-refractivity contribution in [3.63, 3.8) is 0 Å². The Morgan fingerprint density at radius 2 is 0.771 bits per heavy atom. The van der Waals surface area contributed by atoms with Gasteiger partial charge in [-0.25, -0.2) is 8.42 Å². The predicted octanol–water partition coefficient (Wildman–Crippen LogP) is 6.21. The van der Waals surface area contributed by atoms with Gasteiger partial charge in [-0.15, -0.1) is 0 Å². The third-order valence-corrected chi connectivity index (χ3v) is 6.35. The minimum absolute atomic E-state index is 0.0897. The molecule has 0 N–H and O–H groups in total. The SMILES string of the molecule is O=C(c1ccccc1)c1ccc(C=CS(=O)(=O)C=Cc2ccc(C(=O)c3ccccc3)cc2)cc1. The van der Waals surface area contributed by atoms with Crippen LogP contribution >= 0.6 is 0 Å². The van der Waals surface area contributed by atoms with Crippen molar-refractivity contribution in [1.29, 1.82) is 0 Å². The van der Waals surface area contributed by atoms with Gasteiger partial charge >= 0.3 is 0 Å². The Labute approximate surface area is 204 Å². The summed E-state index contributed by atoms with van der Waals surface area (Å²) in [7, 11) is -3.61. The maximum absolute atomic E-state index is 12.5. The van der Waals surface area contributed by atoms with Crippen LogP contribution in [0.3, 0.4) is 0 Å². The molecule has 0 fully saturated rings. The van der Waals surface area contributed by atoms with Crippen molar-refractivity contribution in [2.24, 2.45) is 0 Å². The summed E-state index contributed by atoms with van der Waals surface area (Å²) in [6, 6.07) is 31.5. The molecule has 0 bridgehead atoms. The molecule has 0 aliphatic heterocycles. The summed E-state index contributed by atoms with van der Waals surface area (Å²) in [6.45, 7) is 0. The lowest BCUT2D eigenvalue weighted by molar-refractivity contribution is 0.103. The van der Waals surface area contributed by atoms with Crippen LogP contribution in [0.2, 0.25) is 0 Å². The zero-order valence-corrected chi connectivity index (χ0v) is 19.6. The number of rotatable bonds is 8.